The van der Waals surface area contributed by atoms with Crippen molar-refractivity contribution in [2.75, 3.05) is 18.4 Å². The van der Waals surface area contributed by atoms with Crippen LogP contribution in [-0.2, 0) is 10.0 Å². The standard InChI is InChI=1S/C23H25FN4O3S2/c1-15(2)16-6-8-20(9-7-16)33(30,31)28-12-10-17(11-13-28)22-26-27-23(32-22)21(29)25-19-5-3-4-18(24)14-19/h3-9,14-15,17H,10-13H2,1-2H3,(H,25,29). The Kier molecular flexibility index (Phi) is 6.87. The molecule has 33 heavy (non-hydrogen) atoms. The molecule has 1 aliphatic rings. The fraction of sp³-hybridized carbons (Fsp3) is 0.348. The summed E-state index contributed by atoms with van der Waals surface area (Å²) < 4.78 is 40.9. The number of nitrogens with zero attached hydrogens (tertiary/aromatic N) is 3. The van der Waals surface area contributed by atoms with Crippen molar-refractivity contribution in [3.05, 3.63) is 69.9 Å². The Balaban J connectivity index is 1.38. The van der Waals surface area contributed by atoms with Crippen molar-refractivity contribution < 1.29 is 17.6 Å². The summed E-state index contributed by atoms with van der Waals surface area (Å²) in [4.78, 5) is 12.7. The maximum atomic E-state index is 13.3. The van der Waals surface area contributed by atoms with Crippen LogP contribution in [-0.4, -0.2) is 41.9 Å². The summed E-state index contributed by atoms with van der Waals surface area (Å²) in [5.41, 5.74) is 1.44. The van der Waals surface area contributed by atoms with Crippen molar-refractivity contribution in [1.82, 2.24) is 14.5 Å². The summed E-state index contributed by atoms with van der Waals surface area (Å²) in [5, 5.41) is 11.6. The van der Waals surface area contributed by atoms with Gasteiger partial charge in [-0.25, -0.2) is 12.8 Å². The molecule has 0 spiro atoms. The van der Waals surface area contributed by atoms with Gasteiger partial charge in [-0.2, -0.15) is 4.31 Å². The molecule has 1 N–H and O–H groups in total. The number of piperidine rings is 1. The summed E-state index contributed by atoms with van der Waals surface area (Å²) in [7, 11) is -3.55. The van der Waals surface area contributed by atoms with Crippen molar-refractivity contribution in [2.45, 2.75) is 43.4 Å². The molecule has 4 rings (SSSR count). The van der Waals surface area contributed by atoms with Crippen LogP contribution in [0.3, 0.4) is 0 Å². The average Bonchev–Trinajstić information content (AvgIpc) is 3.30. The number of carbonyl (C=O) groups excluding carboxylic acids is 1. The van der Waals surface area contributed by atoms with Gasteiger partial charge in [0.25, 0.3) is 5.91 Å². The Hall–Kier alpha value is -2.69. The SMILES string of the molecule is CC(C)c1ccc(S(=O)(=O)N2CCC(c3nnc(C(=O)Nc4cccc(F)c4)s3)CC2)cc1. The molecule has 7 nitrogen and oxygen atoms in total. The molecule has 0 saturated carbocycles. The highest BCUT2D eigenvalue weighted by Gasteiger charge is 2.31. The lowest BCUT2D eigenvalue weighted by atomic mass is 9.99. The van der Waals surface area contributed by atoms with Crippen LogP contribution in [0.25, 0.3) is 0 Å². The second-order valence-corrected chi connectivity index (χ2v) is 11.3. The van der Waals surface area contributed by atoms with E-state index in [2.05, 4.69) is 29.4 Å². The molecule has 3 aromatic rings. The van der Waals surface area contributed by atoms with Crippen LogP contribution in [0, 0.1) is 5.82 Å². The maximum absolute atomic E-state index is 13.3. The van der Waals surface area contributed by atoms with Crippen LogP contribution in [0.15, 0.2) is 53.4 Å². The third kappa shape index (κ3) is 5.29. The lowest BCUT2D eigenvalue weighted by molar-refractivity contribution is 0.102. The number of carbonyl (C=O) groups is 1. The van der Waals surface area contributed by atoms with Gasteiger partial charge in [-0.05, 0) is 54.7 Å². The van der Waals surface area contributed by atoms with E-state index in [1.54, 1.807) is 18.2 Å². The lowest BCUT2D eigenvalue weighted by Crippen LogP contribution is -2.37. The molecule has 1 amide bonds. The number of rotatable bonds is 6. The van der Waals surface area contributed by atoms with Gasteiger partial charge in [0.1, 0.15) is 10.8 Å². The summed E-state index contributed by atoms with van der Waals surface area (Å²) in [6.07, 6.45) is 1.20. The summed E-state index contributed by atoms with van der Waals surface area (Å²) >= 11 is 1.18. The number of hydrogen-bond acceptors (Lipinski definition) is 6. The fourth-order valence-corrected chi connectivity index (χ4v) is 6.14. The van der Waals surface area contributed by atoms with Gasteiger partial charge < -0.3 is 5.32 Å². The van der Waals surface area contributed by atoms with Crippen LogP contribution in [0.1, 0.15) is 58.9 Å². The first-order valence-electron chi connectivity index (χ1n) is 10.7. The quantitative estimate of drug-likeness (QED) is 0.547. The number of amides is 1. The first-order valence-corrected chi connectivity index (χ1v) is 13.0. The van der Waals surface area contributed by atoms with Crippen molar-refractivity contribution in [3.8, 4) is 0 Å². The monoisotopic (exact) mass is 488 g/mol. The molecule has 1 aliphatic heterocycles. The van der Waals surface area contributed by atoms with Gasteiger partial charge in [-0.1, -0.05) is 43.4 Å². The van der Waals surface area contributed by atoms with E-state index in [4.69, 9.17) is 0 Å². The highest BCUT2D eigenvalue weighted by molar-refractivity contribution is 7.89. The molecule has 1 aromatic heterocycles. The van der Waals surface area contributed by atoms with Crippen LogP contribution in [0.4, 0.5) is 10.1 Å². The number of hydrogen-bond donors (Lipinski definition) is 1. The van der Waals surface area contributed by atoms with Gasteiger partial charge >= 0.3 is 0 Å². The third-order valence-electron chi connectivity index (χ3n) is 5.71. The van der Waals surface area contributed by atoms with E-state index < -0.39 is 21.7 Å². The van der Waals surface area contributed by atoms with Gasteiger partial charge in [-0.15, -0.1) is 10.2 Å². The molecule has 0 unspecified atom stereocenters. The molecule has 10 heteroatoms. The van der Waals surface area contributed by atoms with Crippen molar-refractivity contribution in [1.29, 1.82) is 0 Å². The molecule has 174 valence electrons. The van der Waals surface area contributed by atoms with E-state index in [0.717, 1.165) is 5.56 Å². The zero-order chi connectivity index (χ0) is 23.6. The Labute approximate surface area is 196 Å². The van der Waals surface area contributed by atoms with Crippen LogP contribution < -0.4 is 5.32 Å². The van der Waals surface area contributed by atoms with Gasteiger partial charge in [0.15, 0.2) is 0 Å². The maximum Gasteiger partial charge on any atom is 0.286 e. The first kappa shape index (κ1) is 23.5. The predicted molar refractivity (Wildman–Crippen MR) is 126 cm³/mol. The molecule has 1 saturated heterocycles. The molecule has 1 fully saturated rings. The summed E-state index contributed by atoms with van der Waals surface area (Å²) in [6, 6.07) is 12.7. The van der Waals surface area contributed by atoms with Crippen LogP contribution in [0.2, 0.25) is 0 Å². The van der Waals surface area contributed by atoms with Crippen LogP contribution in [0.5, 0.6) is 0 Å². The summed E-state index contributed by atoms with van der Waals surface area (Å²) in [5.74, 6) is -0.518. The minimum atomic E-state index is -3.55. The molecule has 2 aromatic carbocycles. The molecule has 2 heterocycles. The highest BCUT2D eigenvalue weighted by atomic mass is 32.2. The molecule has 0 bridgehead atoms. The molecular weight excluding hydrogens is 463 g/mol. The number of nitrogens with one attached hydrogen (secondary N) is 1. The van der Waals surface area contributed by atoms with Gasteiger partial charge in [-0.3, -0.25) is 4.79 Å². The van der Waals surface area contributed by atoms with E-state index in [1.807, 2.05) is 12.1 Å². The van der Waals surface area contributed by atoms with E-state index >= 15 is 0 Å². The zero-order valence-corrected chi connectivity index (χ0v) is 20.0. The first-order chi connectivity index (χ1) is 15.7. The van der Waals surface area contributed by atoms with Crippen molar-refractivity contribution >= 4 is 33.0 Å². The minimum Gasteiger partial charge on any atom is -0.320 e. The number of sulfonamides is 1. The smallest absolute Gasteiger partial charge is 0.286 e. The van der Waals surface area contributed by atoms with E-state index in [-0.39, 0.29) is 10.9 Å². The molecule has 0 radical (unpaired) electrons. The predicted octanol–water partition coefficient (Wildman–Crippen LogP) is 4.62. The topological polar surface area (TPSA) is 92.3 Å². The van der Waals surface area contributed by atoms with Gasteiger partial charge in [0, 0.05) is 24.7 Å². The largest absolute Gasteiger partial charge is 0.320 e. The Morgan fingerprint density at radius 3 is 2.45 bits per heavy atom. The molecular formula is C23H25FN4O3S2. The number of benzene rings is 2. The number of aromatic nitrogens is 2. The molecule has 0 atom stereocenters. The lowest BCUT2D eigenvalue weighted by Gasteiger charge is -2.30. The number of anilines is 1. The van der Waals surface area contributed by atoms with E-state index in [9.17, 15) is 17.6 Å². The average molecular weight is 489 g/mol. The summed E-state index contributed by atoms with van der Waals surface area (Å²) in [6.45, 7) is 4.89. The fourth-order valence-electron chi connectivity index (χ4n) is 3.76. The Morgan fingerprint density at radius 2 is 1.82 bits per heavy atom. The minimum absolute atomic E-state index is 0.0352. The Bertz CT molecular complexity index is 1230. The highest BCUT2D eigenvalue weighted by Crippen LogP contribution is 2.32. The van der Waals surface area contributed by atoms with E-state index in [1.165, 1.54) is 33.8 Å². The van der Waals surface area contributed by atoms with E-state index in [0.29, 0.717) is 47.4 Å². The zero-order valence-electron chi connectivity index (χ0n) is 18.4. The van der Waals surface area contributed by atoms with Gasteiger partial charge in [0.2, 0.25) is 15.0 Å². The van der Waals surface area contributed by atoms with Crippen molar-refractivity contribution in [3.63, 3.8) is 0 Å². The third-order valence-corrected chi connectivity index (χ3v) is 8.70. The second kappa shape index (κ2) is 9.66. The van der Waals surface area contributed by atoms with Gasteiger partial charge in [0.05, 0.1) is 4.90 Å². The number of halogens is 1. The normalized spacial score (nSPS) is 15.6. The molecule has 0 aliphatic carbocycles. The van der Waals surface area contributed by atoms with Crippen molar-refractivity contribution in [2.24, 2.45) is 0 Å². The Morgan fingerprint density at radius 1 is 1.12 bits per heavy atom. The van der Waals surface area contributed by atoms with Crippen LogP contribution >= 0.6 is 11.3 Å². The second-order valence-electron chi connectivity index (χ2n) is 8.31.